The Morgan fingerprint density at radius 3 is 3.00 bits per heavy atom. The third-order valence-electron chi connectivity index (χ3n) is 1.84. The molecule has 1 rings (SSSR count). The van der Waals surface area contributed by atoms with Gasteiger partial charge in [0.05, 0.1) is 6.10 Å². The molecular formula is C7H15NO. The van der Waals surface area contributed by atoms with Gasteiger partial charge in [0, 0.05) is 0 Å². The molecule has 0 amide bonds. The van der Waals surface area contributed by atoms with Gasteiger partial charge < -0.3 is 10.4 Å². The number of hydrogen-bond donors (Lipinski definition) is 2. The van der Waals surface area contributed by atoms with E-state index in [4.69, 9.17) is 5.11 Å². The predicted molar refractivity (Wildman–Crippen MR) is 37.3 cm³/mol. The van der Waals surface area contributed by atoms with Crippen LogP contribution in [0, 0.1) is 5.92 Å². The molecule has 0 spiro atoms. The van der Waals surface area contributed by atoms with Crippen LogP contribution < -0.4 is 5.32 Å². The second-order valence-corrected chi connectivity index (χ2v) is 2.94. The second-order valence-electron chi connectivity index (χ2n) is 2.94. The summed E-state index contributed by atoms with van der Waals surface area (Å²) in [6.07, 6.45) is 2.09. The van der Waals surface area contributed by atoms with Crippen molar-refractivity contribution in [3.8, 4) is 0 Å². The first-order chi connectivity index (χ1) is 4.29. The minimum Gasteiger partial charge on any atom is -0.393 e. The van der Waals surface area contributed by atoms with Gasteiger partial charge >= 0.3 is 0 Å². The molecule has 0 aromatic heterocycles. The van der Waals surface area contributed by atoms with Crippen LogP contribution in [-0.4, -0.2) is 24.3 Å². The van der Waals surface area contributed by atoms with Crippen LogP contribution >= 0.6 is 0 Å². The zero-order chi connectivity index (χ0) is 6.69. The van der Waals surface area contributed by atoms with E-state index in [9.17, 15) is 0 Å². The van der Waals surface area contributed by atoms with E-state index in [0.717, 1.165) is 25.4 Å². The second kappa shape index (κ2) is 3.18. The van der Waals surface area contributed by atoms with Crippen molar-refractivity contribution in [1.29, 1.82) is 0 Å². The predicted octanol–water partition coefficient (Wildman–Crippen LogP) is 0.367. The number of rotatable bonds is 2. The van der Waals surface area contributed by atoms with Crippen molar-refractivity contribution in [2.45, 2.75) is 25.9 Å². The molecule has 0 saturated carbocycles. The molecule has 0 bridgehead atoms. The van der Waals surface area contributed by atoms with Crippen LogP contribution in [0.3, 0.4) is 0 Å². The molecule has 9 heavy (non-hydrogen) atoms. The van der Waals surface area contributed by atoms with Gasteiger partial charge in [-0.2, -0.15) is 0 Å². The fourth-order valence-electron chi connectivity index (χ4n) is 1.40. The molecule has 1 aliphatic rings. The van der Waals surface area contributed by atoms with Crippen molar-refractivity contribution in [3.63, 3.8) is 0 Å². The Morgan fingerprint density at radius 2 is 2.56 bits per heavy atom. The van der Waals surface area contributed by atoms with Gasteiger partial charge in [-0.1, -0.05) is 0 Å². The Labute approximate surface area is 56.3 Å². The normalized spacial score (nSPS) is 30.7. The quantitative estimate of drug-likeness (QED) is 0.564. The Kier molecular flexibility index (Phi) is 2.49. The fourth-order valence-corrected chi connectivity index (χ4v) is 1.40. The van der Waals surface area contributed by atoms with Gasteiger partial charge in [-0.05, 0) is 38.8 Å². The van der Waals surface area contributed by atoms with Crippen LogP contribution in [0.25, 0.3) is 0 Å². The van der Waals surface area contributed by atoms with Gasteiger partial charge in [0.2, 0.25) is 0 Å². The van der Waals surface area contributed by atoms with Gasteiger partial charge in [0.25, 0.3) is 0 Å². The minimum absolute atomic E-state index is 0.116. The maximum Gasteiger partial charge on any atom is 0.0515 e. The highest BCUT2D eigenvalue weighted by Crippen LogP contribution is 2.13. The lowest BCUT2D eigenvalue weighted by atomic mass is 10.0. The van der Waals surface area contributed by atoms with Crippen LogP contribution in [0.15, 0.2) is 0 Å². The Morgan fingerprint density at radius 1 is 1.78 bits per heavy atom. The van der Waals surface area contributed by atoms with E-state index in [-0.39, 0.29) is 6.10 Å². The zero-order valence-electron chi connectivity index (χ0n) is 5.93. The van der Waals surface area contributed by atoms with Crippen LogP contribution in [0.2, 0.25) is 0 Å². The molecular weight excluding hydrogens is 114 g/mol. The van der Waals surface area contributed by atoms with Crippen LogP contribution in [0.1, 0.15) is 19.8 Å². The largest absolute Gasteiger partial charge is 0.393 e. The molecule has 2 heteroatoms. The molecule has 2 nitrogen and oxygen atoms in total. The van der Waals surface area contributed by atoms with Crippen LogP contribution in [-0.2, 0) is 0 Å². The molecule has 0 aromatic carbocycles. The van der Waals surface area contributed by atoms with Crippen LogP contribution in [0.4, 0.5) is 0 Å². The third kappa shape index (κ3) is 2.33. The van der Waals surface area contributed by atoms with E-state index >= 15 is 0 Å². The Bertz CT molecular complexity index is 77.0. The van der Waals surface area contributed by atoms with Gasteiger partial charge in [0.15, 0.2) is 0 Å². The maximum atomic E-state index is 8.98. The summed E-state index contributed by atoms with van der Waals surface area (Å²) in [7, 11) is 0. The summed E-state index contributed by atoms with van der Waals surface area (Å²) in [6, 6.07) is 0. The topological polar surface area (TPSA) is 32.3 Å². The van der Waals surface area contributed by atoms with E-state index in [2.05, 4.69) is 5.32 Å². The maximum absolute atomic E-state index is 8.98. The molecule has 1 unspecified atom stereocenters. The number of hydrogen-bond acceptors (Lipinski definition) is 2. The van der Waals surface area contributed by atoms with Crippen molar-refractivity contribution in [2.75, 3.05) is 13.1 Å². The first-order valence-corrected chi connectivity index (χ1v) is 3.68. The highest BCUT2D eigenvalue weighted by molar-refractivity contribution is 4.72. The Hall–Kier alpha value is -0.0800. The highest BCUT2D eigenvalue weighted by atomic mass is 16.3. The summed E-state index contributed by atoms with van der Waals surface area (Å²) in [6.45, 7) is 4.10. The average molecular weight is 129 g/mol. The fraction of sp³-hybridized carbons (Fsp3) is 1.00. The van der Waals surface area contributed by atoms with Crippen molar-refractivity contribution in [3.05, 3.63) is 0 Å². The van der Waals surface area contributed by atoms with Crippen LogP contribution in [0.5, 0.6) is 0 Å². The van der Waals surface area contributed by atoms with Crippen molar-refractivity contribution >= 4 is 0 Å². The van der Waals surface area contributed by atoms with E-state index in [0.29, 0.717) is 0 Å². The van der Waals surface area contributed by atoms with Gasteiger partial charge in [0.1, 0.15) is 0 Å². The van der Waals surface area contributed by atoms with E-state index in [1.807, 2.05) is 6.92 Å². The number of nitrogens with one attached hydrogen (secondary N) is 1. The van der Waals surface area contributed by atoms with Crippen molar-refractivity contribution in [1.82, 2.24) is 5.32 Å². The minimum atomic E-state index is -0.116. The van der Waals surface area contributed by atoms with E-state index in [1.54, 1.807) is 0 Å². The molecule has 1 fully saturated rings. The average Bonchev–Trinajstić information content (AvgIpc) is 2.15. The molecule has 0 aromatic rings. The lowest BCUT2D eigenvalue weighted by molar-refractivity contribution is 0.164. The molecule has 1 heterocycles. The van der Waals surface area contributed by atoms with Gasteiger partial charge in [-0.3, -0.25) is 0 Å². The van der Waals surface area contributed by atoms with Gasteiger partial charge in [-0.15, -0.1) is 0 Å². The monoisotopic (exact) mass is 129 g/mol. The lowest BCUT2D eigenvalue weighted by Crippen LogP contribution is -2.13. The van der Waals surface area contributed by atoms with Gasteiger partial charge in [-0.25, -0.2) is 0 Å². The number of aliphatic hydroxyl groups is 1. The molecule has 0 aliphatic carbocycles. The number of aliphatic hydroxyl groups excluding tert-OH is 1. The summed E-state index contributed by atoms with van der Waals surface area (Å²) in [4.78, 5) is 0. The molecule has 2 N–H and O–H groups in total. The lowest BCUT2D eigenvalue weighted by Gasteiger charge is -2.08. The first-order valence-electron chi connectivity index (χ1n) is 3.68. The smallest absolute Gasteiger partial charge is 0.0515 e. The van der Waals surface area contributed by atoms with Crippen molar-refractivity contribution < 1.29 is 5.11 Å². The Balaban J connectivity index is 2.11. The van der Waals surface area contributed by atoms with E-state index < -0.39 is 0 Å². The molecule has 54 valence electrons. The molecule has 1 saturated heterocycles. The summed E-state index contributed by atoms with van der Waals surface area (Å²) < 4.78 is 0. The highest BCUT2D eigenvalue weighted by Gasteiger charge is 2.15. The van der Waals surface area contributed by atoms with Crippen molar-refractivity contribution in [2.24, 2.45) is 5.92 Å². The third-order valence-corrected chi connectivity index (χ3v) is 1.84. The summed E-state index contributed by atoms with van der Waals surface area (Å²) in [5.41, 5.74) is 0. The molecule has 2 atom stereocenters. The molecule has 1 aliphatic heterocycles. The summed E-state index contributed by atoms with van der Waals surface area (Å²) >= 11 is 0. The summed E-state index contributed by atoms with van der Waals surface area (Å²) in [5, 5.41) is 12.3. The standard InChI is InChI=1S/C7H15NO/c1-6(9)4-7-2-3-8-5-7/h6-9H,2-5H2,1H3/t6?,7-/m1/s1. The SMILES string of the molecule is CC(O)C[C@H]1CCNC1. The summed E-state index contributed by atoms with van der Waals surface area (Å²) in [5.74, 6) is 0.727. The van der Waals surface area contributed by atoms with E-state index in [1.165, 1.54) is 6.42 Å². The molecule has 0 radical (unpaired) electrons. The first kappa shape index (κ1) is 7.03. The zero-order valence-corrected chi connectivity index (χ0v) is 5.93.